The number of nitro benzene ring substituents is 1. The first kappa shape index (κ1) is 23.3. The van der Waals surface area contributed by atoms with E-state index in [1.54, 1.807) is 19.1 Å². The van der Waals surface area contributed by atoms with Gasteiger partial charge in [0, 0.05) is 49.1 Å². The van der Waals surface area contributed by atoms with Crippen molar-refractivity contribution in [1.82, 2.24) is 15.1 Å². The van der Waals surface area contributed by atoms with Gasteiger partial charge in [-0.25, -0.2) is 0 Å². The second-order valence-electron chi connectivity index (χ2n) is 8.26. The number of nitrogens with one attached hydrogen (secondary N) is 1. The van der Waals surface area contributed by atoms with Crippen LogP contribution in [0.5, 0.6) is 0 Å². The van der Waals surface area contributed by atoms with Crippen molar-refractivity contribution in [3.05, 3.63) is 63.7 Å². The number of amides is 2. The van der Waals surface area contributed by atoms with E-state index in [2.05, 4.69) is 15.5 Å². The number of nitro groups is 1. The van der Waals surface area contributed by atoms with Gasteiger partial charge in [-0.3, -0.25) is 25.0 Å². The molecule has 1 aromatic heterocycles. The van der Waals surface area contributed by atoms with Crippen molar-refractivity contribution in [2.45, 2.75) is 25.8 Å². The Hall–Kier alpha value is -3.86. The van der Waals surface area contributed by atoms with Crippen LogP contribution in [0.2, 0.25) is 0 Å². The molecule has 0 radical (unpaired) electrons. The van der Waals surface area contributed by atoms with Crippen LogP contribution < -0.4 is 10.2 Å². The van der Waals surface area contributed by atoms with E-state index >= 15 is 0 Å². The lowest BCUT2D eigenvalue weighted by Gasteiger charge is -2.23. The first-order valence-corrected chi connectivity index (χ1v) is 11.5. The molecule has 1 aliphatic heterocycles. The van der Waals surface area contributed by atoms with E-state index in [-0.39, 0.29) is 17.2 Å². The smallest absolute Gasteiger partial charge is 0.273 e. The molecule has 0 aliphatic carbocycles. The Morgan fingerprint density at radius 2 is 1.91 bits per heavy atom. The number of carbonyl (C=O) groups excluding carboxylic acids is 2. The Bertz CT molecular complexity index is 1240. The van der Waals surface area contributed by atoms with Crippen molar-refractivity contribution >= 4 is 39.7 Å². The lowest BCUT2D eigenvalue weighted by molar-refractivity contribution is -0.385. The molecule has 0 bridgehead atoms. The van der Waals surface area contributed by atoms with Gasteiger partial charge in [-0.05, 0) is 50.1 Å². The van der Waals surface area contributed by atoms with Crippen molar-refractivity contribution in [2.24, 2.45) is 0 Å². The lowest BCUT2D eigenvalue weighted by Crippen LogP contribution is -2.43. The van der Waals surface area contributed by atoms with Crippen LogP contribution in [0.3, 0.4) is 0 Å². The van der Waals surface area contributed by atoms with Gasteiger partial charge in [0.15, 0.2) is 0 Å². The van der Waals surface area contributed by atoms with E-state index in [4.69, 9.17) is 0 Å². The van der Waals surface area contributed by atoms with Gasteiger partial charge in [-0.15, -0.1) is 10.2 Å². The summed E-state index contributed by atoms with van der Waals surface area (Å²) in [6.07, 6.45) is 1.17. The molecule has 4 rings (SSSR count). The van der Waals surface area contributed by atoms with Crippen LogP contribution in [0.4, 0.5) is 16.5 Å². The summed E-state index contributed by atoms with van der Waals surface area (Å²) < 4.78 is 0. The molecule has 1 saturated heterocycles. The Morgan fingerprint density at radius 1 is 1.18 bits per heavy atom. The number of likely N-dealkylation sites (tertiary alicyclic amines) is 1. The van der Waals surface area contributed by atoms with Crippen LogP contribution in [-0.4, -0.2) is 58.5 Å². The quantitative estimate of drug-likeness (QED) is 0.421. The van der Waals surface area contributed by atoms with Crippen LogP contribution in [0.15, 0.2) is 42.5 Å². The maximum Gasteiger partial charge on any atom is 0.273 e. The molecular weight excluding hydrogens is 456 g/mol. The summed E-state index contributed by atoms with van der Waals surface area (Å²) in [6.45, 7) is 2.02. The monoisotopic (exact) mass is 480 g/mol. The van der Waals surface area contributed by atoms with Crippen molar-refractivity contribution in [3.8, 4) is 10.6 Å². The Kier molecular flexibility index (Phi) is 6.55. The second kappa shape index (κ2) is 9.56. The maximum atomic E-state index is 13.1. The lowest BCUT2D eigenvalue weighted by atomic mass is 10.1. The zero-order valence-corrected chi connectivity index (χ0v) is 19.8. The van der Waals surface area contributed by atoms with Crippen molar-refractivity contribution in [3.63, 3.8) is 0 Å². The van der Waals surface area contributed by atoms with Gasteiger partial charge in [-0.1, -0.05) is 17.4 Å². The predicted octanol–water partition coefficient (Wildman–Crippen LogP) is 3.73. The minimum Gasteiger partial charge on any atom is -0.378 e. The molecule has 34 heavy (non-hydrogen) atoms. The van der Waals surface area contributed by atoms with Gasteiger partial charge in [-0.2, -0.15) is 0 Å². The van der Waals surface area contributed by atoms with E-state index in [0.29, 0.717) is 35.1 Å². The van der Waals surface area contributed by atoms with Gasteiger partial charge in [0.05, 0.1) is 4.92 Å². The number of rotatable bonds is 6. The molecule has 11 heteroatoms. The number of hydrogen-bond acceptors (Lipinski definition) is 8. The standard InChI is InChI=1S/C23H24N6O4S/c1-14-6-7-16(13-19(14)29(32)33)22(31)28-12-4-5-18(28)20(30)24-23-26-25-21(34-23)15-8-10-17(11-9-15)27(2)3/h6-11,13,18H,4-5,12H2,1-3H3,(H,24,26,30). The SMILES string of the molecule is Cc1ccc(C(=O)N2CCCC2C(=O)Nc2nnc(-c3ccc(N(C)C)cc3)s2)cc1[N+](=O)[O-]. The van der Waals surface area contributed by atoms with Crippen LogP contribution in [0.25, 0.3) is 10.6 Å². The fourth-order valence-electron chi connectivity index (χ4n) is 3.87. The summed E-state index contributed by atoms with van der Waals surface area (Å²) in [5.41, 5.74) is 2.50. The van der Waals surface area contributed by atoms with Crippen molar-refractivity contribution in [1.29, 1.82) is 0 Å². The van der Waals surface area contributed by atoms with E-state index in [1.165, 1.54) is 22.3 Å². The Balaban J connectivity index is 1.46. The van der Waals surface area contributed by atoms with Crippen LogP contribution in [0.1, 0.15) is 28.8 Å². The minimum absolute atomic E-state index is 0.119. The number of aromatic nitrogens is 2. The second-order valence-corrected chi connectivity index (χ2v) is 9.24. The first-order chi connectivity index (χ1) is 16.2. The summed E-state index contributed by atoms with van der Waals surface area (Å²) in [5, 5.41) is 23.3. The number of anilines is 2. The molecule has 3 aromatic rings. The average Bonchev–Trinajstić information content (AvgIpc) is 3.49. The molecular formula is C23H24N6O4S. The van der Waals surface area contributed by atoms with Crippen molar-refractivity contribution < 1.29 is 14.5 Å². The molecule has 1 atom stereocenters. The predicted molar refractivity (Wildman–Crippen MR) is 130 cm³/mol. The molecule has 2 aromatic carbocycles. The number of benzene rings is 2. The number of carbonyl (C=O) groups is 2. The summed E-state index contributed by atoms with van der Waals surface area (Å²) in [6, 6.07) is 11.5. The summed E-state index contributed by atoms with van der Waals surface area (Å²) in [4.78, 5) is 40.2. The zero-order valence-electron chi connectivity index (χ0n) is 19.0. The Morgan fingerprint density at radius 3 is 2.59 bits per heavy atom. The molecule has 1 fully saturated rings. The number of aryl methyl sites for hydroxylation is 1. The molecule has 2 heterocycles. The molecule has 1 aliphatic rings. The molecule has 2 amide bonds. The van der Waals surface area contributed by atoms with Gasteiger partial charge >= 0.3 is 0 Å². The van der Waals surface area contributed by atoms with Gasteiger partial charge in [0.25, 0.3) is 11.6 Å². The highest BCUT2D eigenvalue weighted by molar-refractivity contribution is 7.18. The van der Waals surface area contributed by atoms with E-state index in [1.807, 2.05) is 43.3 Å². The molecule has 1 unspecified atom stereocenters. The van der Waals surface area contributed by atoms with E-state index in [9.17, 15) is 19.7 Å². The van der Waals surface area contributed by atoms with Crippen LogP contribution in [-0.2, 0) is 4.79 Å². The van der Waals surface area contributed by atoms with E-state index < -0.39 is 16.9 Å². The normalized spacial score (nSPS) is 15.3. The largest absolute Gasteiger partial charge is 0.378 e. The highest BCUT2D eigenvalue weighted by atomic mass is 32.1. The highest BCUT2D eigenvalue weighted by Gasteiger charge is 2.35. The minimum atomic E-state index is -0.681. The molecule has 0 spiro atoms. The fourth-order valence-corrected chi connectivity index (χ4v) is 4.62. The van der Waals surface area contributed by atoms with Gasteiger partial charge in [0.1, 0.15) is 11.0 Å². The van der Waals surface area contributed by atoms with Crippen LogP contribution in [0, 0.1) is 17.0 Å². The van der Waals surface area contributed by atoms with Crippen LogP contribution >= 0.6 is 11.3 Å². The zero-order chi connectivity index (χ0) is 24.4. The topological polar surface area (TPSA) is 122 Å². The summed E-state index contributed by atoms with van der Waals surface area (Å²) in [7, 11) is 3.93. The van der Waals surface area contributed by atoms with Crippen molar-refractivity contribution in [2.75, 3.05) is 30.9 Å². The third-order valence-electron chi connectivity index (χ3n) is 5.75. The number of nitrogens with zero attached hydrogens (tertiary/aromatic N) is 5. The summed E-state index contributed by atoms with van der Waals surface area (Å²) in [5.74, 6) is -0.752. The highest BCUT2D eigenvalue weighted by Crippen LogP contribution is 2.29. The third kappa shape index (κ3) is 4.74. The first-order valence-electron chi connectivity index (χ1n) is 10.7. The number of hydrogen-bond donors (Lipinski definition) is 1. The third-order valence-corrected chi connectivity index (χ3v) is 6.64. The molecule has 176 valence electrons. The van der Waals surface area contributed by atoms with Gasteiger partial charge < -0.3 is 9.80 Å². The molecule has 10 nitrogen and oxygen atoms in total. The Labute approximate surface area is 200 Å². The molecule has 1 N–H and O–H groups in total. The fraction of sp³-hybridized carbons (Fsp3) is 0.304. The summed E-state index contributed by atoms with van der Waals surface area (Å²) >= 11 is 1.25. The van der Waals surface area contributed by atoms with Gasteiger partial charge in [0.2, 0.25) is 11.0 Å². The average molecular weight is 481 g/mol. The van der Waals surface area contributed by atoms with E-state index in [0.717, 1.165) is 11.3 Å². The molecule has 0 saturated carbocycles. The maximum absolute atomic E-state index is 13.1.